The second-order valence-corrected chi connectivity index (χ2v) is 10.3. The van der Waals surface area contributed by atoms with Gasteiger partial charge in [0.15, 0.2) is 0 Å². The monoisotopic (exact) mass is 459 g/mol. The number of fused-ring (bicyclic) bond motifs is 1. The van der Waals surface area contributed by atoms with Crippen LogP contribution >= 0.6 is 0 Å². The minimum atomic E-state index is -3.82. The number of rotatable bonds is 7. The number of sulfonamides is 1. The Kier molecular flexibility index (Phi) is 8.05. The van der Waals surface area contributed by atoms with Gasteiger partial charge in [-0.15, -0.1) is 0 Å². The maximum absolute atomic E-state index is 13.5. The maximum atomic E-state index is 13.5. The quantitative estimate of drug-likeness (QED) is 0.685. The fourth-order valence-corrected chi connectivity index (χ4v) is 5.72. The van der Waals surface area contributed by atoms with E-state index in [-0.39, 0.29) is 30.1 Å². The van der Waals surface area contributed by atoms with Crippen LogP contribution in [0.5, 0.6) is 5.75 Å². The van der Waals surface area contributed by atoms with Crippen LogP contribution in [0.2, 0.25) is 0 Å². The van der Waals surface area contributed by atoms with E-state index < -0.39 is 16.1 Å². The van der Waals surface area contributed by atoms with Crippen molar-refractivity contribution >= 4 is 16.1 Å². The van der Waals surface area contributed by atoms with Crippen LogP contribution in [0.25, 0.3) is 6.08 Å². The number of allylic oxidation sites excluding steroid dienone is 1. The molecule has 3 rings (SSSR count). The molecule has 0 aliphatic carbocycles. The van der Waals surface area contributed by atoms with E-state index in [1.165, 1.54) is 4.31 Å². The Morgan fingerprint density at radius 3 is 2.78 bits per heavy atom. The van der Waals surface area contributed by atoms with Gasteiger partial charge in [-0.25, -0.2) is 8.42 Å². The number of hydrogen-bond donors (Lipinski definition) is 1. The number of aliphatic hydroxyl groups is 1. The number of aliphatic hydroxyl groups excluding tert-OH is 1. The fraction of sp³-hybridized carbons (Fsp3) is 0.458. The topological polar surface area (TPSA) is 83.0 Å². The van der Waals surface area contributed by atoms with Gasteiger partial charge < -0.3 is 9.84 Å². The minimum Gasteiger partial charge on any atom is -0.487 e. The van der Waals surface area contributed by atoms with E-state index in [0.717, 1.165) is 11.3 Å². The molecule has 7 nitrogen and oxygen atoms in total. The van der Waals surface area contributed by atoms with Gasteiger partial charge >= 0.3 is 0 Å². The van der Waals surface area contributed by atoms with E-state index in [2.05, 4.69) is 9.88 Å². The summed E-state index contributed by atoms with van der Waals surface area (Å²) in [6.45, 7) is 6.91. The van der Waals surface area contributed by atoms with Gasteiger partial charge in [0.2, 0.25) is 10.0 Å². The van der Waals surface area contributed by atoms with Crippen molar-refractivity contribution in [2.75, 3.05) is 26.7 Å². The molecule has 1 aromatic carbocycles. The Morgan fingerprint density at radius 2 is 2.12 bits per heavy atom. The van der Waals surface area contributed by atoms with Crippen molar-refractivity contribution in [3.63, 3.8) is 0 Å². The van der Waals surface area contributed by atoms with Gasteiger partial charge in [0.05, 0.1) is 12.3 Å². The van der Waals surface area contributed by atoms with Crippen molar-refractivity contribution in [2.24, 2.45) is 5.92 Å². The molecule has 1 N–H and O–H groups in total. The lowest BCUT2D eigenvalue weighted by Gasteiger charge is -2.37. The maximum Gasteiger partial charge on any atom is 0.247 e. The van der Waals surface area contributed by atoms with Gasteiger partial charge in [-0.05, 0) is 50.7 Å². The fourth-order valence-electron chi connectivity index (χ4n) is 3.90. The number of benzene rings is 1. The molecule has 0 fully saturated rings. The van der Waals surface area contributed by atoms with E-state index in [1.807, 2.05) is 51.2 Å². The number of pyridine rings is 1. The first-order valence-electron chi connectivity index (χ1n) is 10.9. The zero-order valence-corrected chi connectivity index (χ0v) is 20.0. The molecule has 0 amide bonds. The van der Waals surface area contributed by atoms with Crippen LogP contribution in [0.15, 0.2) is 53.6 Å². The molecule has 0 spiro atoms. The van der Waals surface area contributed by atoms with Crippen molar-refractivity contribution in [1.29, 1.82) is 0 Å². The molecule has 32 heavy (non-hydrogen) atoms. The Hall–Kier alpha value is -2.26. The highest BCUT2D eigenvalue weighted by atomic mass is 32.2. The molecule has 2 heterocycles. The molecule has 0 unspecified atom stereocenters. The summed E-state index contributed by atoms with van der Waals surface area (Å²) >= 11 is 0. The number of nitrogens with zero attached hydrogens (tertiary/aromatic N) is 3. The van der Waals surface area contributed by atoms with Crippen molar-refractivity contribution in [2.45, 2.75) is 44.4 Å². The normalized spacial score (nSPS) is 22.2. The van der Waals surface area contributed by atoms with Crippen molar-refractivity contribution in [3.8, 4) is 5.75 Å². The molecule has 0 saturated heterocycles. The molecule has 2 aromatic rings. The Morgan fingerprint density at radius 1 is 1.34 bits per heavy atom. The summed E-state index contributed by atoms with van der Waals surface area (Å²) in [4.78, 5) is 6.66. The first-order valence-corrected chi connectivity index (χ1v) is 12.3. The van der Waals surface area contributed by atoms with E-state index >= 15 is 0 Å². The Bertz CT molecular complexity index is 1030. The molecule has 1 aliphatic rings. The molecule has 0 bridgehead atoms. The SMILES string of the molecule is CC=Cc1ccc2c(c1)O[C@@H](CN(C)Cc1ccccn1)[C@H](C)CN([C@@H](C)CO)S2(=O)=O. The molecule has 174 valence electrons. The van der Waals surface area contributed by atoms with Crippen LogP contribution in [0.3, 0.4) is 0 Å². The third-order valence-electron chi connectivity index (χ3n) is 5.70. The van der Waals surface area contributed by atoms with Crippen LogP contribution < -0.4 is 4.74 Å². The molecule has 0 saturated carbocycles. The predicted octanol–water partition coefficient (Wildman–Crippen LogP) is 3.02. The molecule has 1 aromatic heterocycles. The van der Waals surface area contributed by atoms with Gasteiger partial charge in [-0.3, -0.25) is 9.88 Å². The first-order chi connectivity index (χ1) is 15.3. The second-order valence-electron chi connectivity index (χ2n) is 8.46. The Balaban J connectivity index is 1.97. The molecule has 3 atom stereocenters. The van der Waals surface area contributed by atoms with Crippen LogP contribution in [-0.4, -0.2) is 66.6 Å². The van der Waals surface area contributed by atoms with Gasteiger partial charge in [0.25, 0.3) is 0 Å². The summed E-state index contributed by atoms with van der Waals surface area (Å²) in [6.07, 6.45) is 5.34. The lowest BCUT2D eigenvalue weighted by atomic mass is 10.0. The highest BCUT2D eigenvalue weighted by Crippen LogP contribution is 2.34. The van der Waals surface area contributed by atoms with Gasteiger partial charge in [-0.1, -0.05) is 31.2 Å². The summed E-state index contributed by atoms with van der Waals surface area (Å²) < 4.78 is 34.7. The minimum absolute atomic E-state index is 0.0940. The van der Waals surface area contributed by atoms with E-state index in [1.54, 1.807) is 31.3 Å². The summed E-state index contributed by atoms with van der Waals surface area (Å²) in [6, 6.07) is 10.4. The average molecular weight is 460 g/mol. The standard InChI is InChI=1S/C24H33N3O4S/c1-5-8-20-10-11-24-22(13-20)31-23(16-26(4)15-21-9-6-7-12-25-21)18(2)14-27(19(3)17-28)32(24,29)30/h5-13,18-19,23,28H,14-17H2,1-4H3/t18-,19+,23+/m1/s1. The summed E-state index contributed by atoms with van der Waals surface area (Å²) in [5.74, 6) is 0.252. The zero-order valence-electron chi connectivity index (χ0n) is 19.2. The molecular formula is C24H33N3O4S. The van der Waals surface area contributed by atoms with Crippen LogP contribution in [0, 0.1) is 5.92 Å². The summed E-state index contributed by atoms with van der Waals surface area (Å²) in [5, 5.41) is 9.74. The lowest BCUT2D eigenvalue weighted by molar-refractivity contribution is 0.0730. The van der Waals surface area contributed by atoms with Crippen LogP contribution in [0.4, 0.5) is 0 Å². The number of hydrogen-bond acceptors (Lipinski definition) is 6. The highest BCUT2D eigenvalue weighted by molar-refractivity contribution is 7.89. The average Bonchev–Trinajstić information content (AvgIpc) is 2.76. The van der Waals surface area contributed by atoms with Gasteiger partial charge in [-0.2, -0.15) is 4.31 Å². The Labute approximate surface area is 191 Å². The van der Waals surface area contributed by atoms with Crippen molar-refractivity contribution < 1.29 is 18.3 Å². The van der Waals surface area contributed by atoms with E-state index in [0.29, 0.717) is 18.8 Å². The highest BCUT2D eigenvalue weighted by Gasteiger charge is 2.38. The second kappa shape index (κ2) is 10.6. The number of ether oxygens (including phenoxy) is 1. The molecule has 8 heteroatoms. The van der Waals surface area contributed by atoms with Gasteiger partial charge in [0.1, 0.15) is 16.7 Å². The largest absolute Gasteiger partial charge is 0.487 e. The van der Waals surface area contributed by atoms with Crippen LogP contribution in [0.1, 0.15) is 32.0 Å². The predicted molar refractivity (Wildman–Crippen MR) is 126 cm³/mol. The van der Waals surface area contributed by atoms with Gasteiger partial charge in [0, 0.05) is 37.8 Å². The number of likely N-dealkylation sites (N-methyl/N-ethyl adjacent to an activating group) is 1. The summed E-state index contributed by atoms with van der Waals surface area (Å²) in [5.41, 5.74) is 1.83. The zero-order chi connectivity index (χ0) is 23.3. The molecule has 1 aliphatic heterocycles. The molecular weight excluding hydrogens is 426 g/mol. The van der Waals surface area contributed by atoms with E-state index in [9.17, 15) is 13.5 Å². The molecule has 0 radical (unpaired) electrons. The van der Waals surface area contributed by atoms with Crippen LogP contribution in [-0.2, 0) is 16.6 Å². The first kappa shape index (κ1) is 24.4. The smallest absolute Gasteiger partial charge is 0.247 e. The third kappa shape index (κ3) is 5.56. The van der Waals surface area contributed by atoms with E-state index in [4.69, 9.17) is 4.74 Å². The lowest BCUT2D eigenvalue weighted by Crippen LogP contribution is -2.49. The number of aromatic nitrogens is 1. The van der Waals surface area contributed by atoms with Crippen molar-refractivity contribution in [3.05, 3.63) is 59.9 Å². The van der Waals surface area contributed by atoms with Crippen molar-refractivity contribution in [1.82, 2.24) is 14.2 Å². The summed E-state index contributed by atoms with van der Waals surface area (Å²) in [7, 11) is -1.81. The third-order valence-corrected chi connectivity index (χ3v) is 7.72.